The van der Waals surface area contributed by atoms with Crippen LogP contribution in [0.15, 0.2) is 94.1 Å². The van der Waals surface area contributed by atoms with Crippen molar-refractivity contribution in [2.75, 3.05) is 39.2 Å². The van der Waals surface area contributed by atoms with E-state index in [1.165, 1.54) is 6.08 Å². The van der Waals surface area contributed by atoms with E-state index in [1.54, 1.807) is 18.4 Å². The van der Waals surface area contributed by atoms with Crippen molar-refractivity contribution in [3.05, 3.63) is 105 Å². The SMILES string of the molecule is Cc1ccccc1COc1ccc(NC2=C(C#N)C=NC3=CC(O[C@H]4CCOC4)=C(NC(=O)/C=C/CN(C)C)CC32)cc1Cl. The number of fused-ring (bicyclic) bond motifs is 1. The standard InChI is InChI=1S/C34H36ClN5O4/c1-22-7-4-5-8-23(22)20-43-31-11-10-25(15-28(31)35)38-34-24(18-36)19-37-29-17-32(44-26-12-14-42-21-26)30(16-27(29)34)39-33(41)9-6-13-40(2)3/h4-11,15,17,19,26-27,38H,12-14,16,20-21H2,1-3H3,(H,39,41)/b9-6+/t26-,27?/m0/s1. The number of carbonyl (C=O) groups is 1. The van der Waals surface area contributed by atoms with Gasteiger partial charge in [-0.15, -0.1) is 0 Å². The van der Waals surface area contributed by atoms with Gasteiger partial charge < -0.3 is 29.7 Å². The number of hydrogen-bond donors (Lipinski definition) is 2. The summed E-state index contributed by atoms with van der Waals surface area (Å²) in [5.41, 5.74) is 5.34. The lowest BCUT2D eigenvalue weighted by Crippen LogP contribution is -2.31. The first kappa shape index (κ1) is 31.1. The van der Waals surface area contributed by atoms with Gasteiger partial charge in [0.2, 0.25) is 5.91 Å². The molecule has 1 unspecified atom stereocenters. The monoisotopic (exact) mass is 613 g/mol. The molecule has 5 rings (SSSR count). The Kier molecular flexibility index (Phi) is 10.2. The van der Waals surface area contributed by atoms with Gasteiger partial charge in [0, 0.05) is 55.1 Å². The van der Waals surface area contributed by atoms with E-state index < -0.39 is 0 Å². The molecule has 1 saturated heterocycles. The number of aliphatic imine (C=N–C) groups is 1. The van der Waals surface area contributed by atoms with E-state index in [-0.39, 0.29) is 17.9 Å². The molecule has 2 aromatic carbocycles. The van der Waals surface area contributed by atoms with Gasteiger partial charge in [-0.1, -0.05) is 41.9 Å². The van der Waals surface area contributed by atoms with E-state index >= 15 is 0 Å². The minimum atomic E-state index is -0.321. The molecule has 1 fully saturated rings. The number of benzene rings is 2. The maximum absolute atomic E-state index is 12.9. The van der Waals surface area contributed by atoms with Crippen molar-refractivity contribution in [2.24, 2.45) is 10.9 Å². The minimum absolute atomic E-state index is 0.112. The molecule has 0 radical (unpaired) electrons. The van der Waals surface area contributed by atoms with Crippen LogP contribution in [0.3, 0.4) is 0 Å². The molecule has 0 saturated carbocycles. The van der Waals surface area contributed by atoms with Crippen LogP contribution < -0.4 is 15.4 Å². The number of carbonyl (C=O) groups excluding carboxylic acids is 1. The normalized spacial score (nSPS) is 19.6. The first-order chi connectivity index (χ1) is 21.3. The molecule has 3 aliphatic rings. The van der Waals surface area contributed by atoms with E-state index in [1.807, 2.05) is 68.4 Å². The van der Waals surface area contributed by atoms with E-state index in [0.29, 0.717) is 72.0 Å². The zero-order valence-corrected chi connectivity index (χ0v) is 25.9. The Bertz CT molecular complexity index is 1590. The van der Waals surface area contributed by atoms with Gasteiger partial charge in [0.25, 0.3) is 0 Å². The van der Waals surface area contributed by atoms with Crippen molar-refractivity contribution < 1.29 is 19.0 Å². The molecule has 2 aliphatic heterocycles. The fourth-order valence-corrected chi connectivity index (χ4v) is 5.33. The van der Waals surface area contributed by atoms with Gasteiger partial charge in [-0.05, 0) is 50.3 Å². The number of likely N-dealkylation sites (N-methyl/N-ethyl adjacent to an activating group) is 1. The molecule has 2 atom stereocenters. The molecule has 1 amide bonds. The summed E-state index contributed by atoms with van der Waals surface area (Å²) in [6.45, 7) is 4.20. The lowest BCUT2D eigenvalue weighted by atomic mass is 9.86. The molecule has 0 aromatic heterocycles. The van der Waals surface area contributed by atoms with Crippen LogP contribution in [0.2, 0.25) is 5.02 Å². The Labute approximate surface area is 263 Å². The molecule has 9 nitrogen and oxygen atoms in total. The van der Waals surface area contributed by atoms with Gasteiger partial charge in [0.1, 0.15) is 30.3 Å². The zero-order chi connectivity index (χ0) is 31.1. The molecule has 2 heterocycles. The highest BCUT2D eigenvalue weighted by atomic mass is 35.5. The molecular weight excluding hydrogens is 578 g/mol. The topological polar surface area (TPSA) is 108 Å². The van der Waals surface area contributed by atoms with Crippen LogP contribution in [0.25, 0.3) is 0 Å². The van der Waals surface area contributed by atoms with Crippen molar-refractivity contribution in [3.63, 3.8) is 0 Å². The smallest absolute Gasteiger partial charge is 0.247 e. The van der Waals surface area contributed by atoms with Crippen LogP contribution in [0.1, 0.15) is 24.0 Å². The Morgan fingerprint density at radius 2 is 2.11 bits per heavy atom. The first-order valence-electron chi connectivity index (χ1n) is 14.5. The number of halogens is 1. The summed E-state index contributed by atoms with van der Waals surface area (Å²) in [5.74, 6) is 0.537. The number of anilines is 1. The second kappa shape index (κ2) is 14.4. The molecule has 44 heavy (non-hydrogen) atoms. The summed E-state index contributed by atoms with van der Waals surface area (Å²) in [6, 6.07) is 15.7. The number of nitrogens with zero attached hydrogens (tertiary/aromatic N) is 3. The summed E-state index contributed by atoms with van der Waals surface area (Å²) in [6.07, 6.45) is 7.73. The van der Waals surface area contributed by atoms with Crippen LogP contribution >= 0.6 is 11.6 Å². The Hall–Kier alpha value is -4.36. The van der Waals surface area contributed by atoms with Gasteiger partial charge in [-0.25, -0.2) is 0 Å². The van der Waals surface area contributed by atoms with Crippen LogP contribution in [-0.2, 0) is 20.9 Å². The van der Waals surface area contributed by atoms with E-state index in [2.05, 4.69) is 21.7 Å². The van der Waals surface area contributed by atoms with E-state index in [9.17, 15) is 10.1 Å². The summed E-state index contributed by atoms with van der Waals surface area (Å²) in [7, 11) is 3.87. The average Bonchev–Trinajstić information content (AvgIpc) is 3.51. The van der Waals surface area contributed by atoms with Crippen molar-refractivity contribution in [3.8, 4) is 11.8 Å². The quantitative estimate of drug-likeness (QED) is 0.315. The first-order valence-corrected chi connectivity index (χ1v) is 14.9. The average molecular weight is 614 g/mol. The summed E-state index contributed by atoms with van der Waals surface area (Å²) >= 11 is 6.63. The summed E-state index contributed by atoms with van der Waals surface area (Å²) in [4.78, 5) is 19.4. The highest BCUT2D eigenvalue weighted by Crippen LogP contribution is 2.39. The molecule has 2 aromatic rings. The van der Waals surface area contributed by atoms with E-state index in [0.717, 1.165) is 23.2 Å². The van der Waals surface area contributed by atoms with Crippen LogP contribution in [0, 0.1) is 24.2 Å². The van der Waals surface area contributed by atoms with Crippen molar-refractivity contribution in [1.82, 2.24) is 10.2 Å². The van der Waals surface area contributed by atoms with Gasteiger partial charge in [0.05, 0.1) is 35.2 Å². The number of aryl methyl sites for hydroxylation is 1. The second-order valence-electron chi connectivity index (χ2n) is 11.1. The lowest BCUT2D eigenvalue weighted by Gasteiger charge is -2.31. The predicted octanol–water partition coefficient (Wildman–Crippen LogP) is 5.66. The van der Waals surface area contributed by atoms with Gasteiger partial charge in [-0.2, -0.15) is 5.26 Å². The maximum atomic E-state index is 12.9. The van der Waals surface area contributed by atoms with E-state index in [4.69, 9.17) is 25.8 Å². The predicted molar refractivity (Wildman–Crippen MR) is 171 cm³/mol. The number of ether oxygens (including phenoxy) is 3. The molecular formula is C34H36ClN5O4. The molecule has 0 spiro atoms. The number of dihydropyridines is 1. The number of hydrogen-bond acceptors (Lipinski definition) is 8. The molecule has 2 N–H and O–H groups in total. The van der Waals surface area contributed by atoms with Gasteiger partial charge in [0.15, 0.2) is 0 Å². The number of allylic oxidation sites excluding steroid dienone is 3. The fourth-order valence-electron chi connectivity index (χ4n) is 5.09. The second-order valence-corrected chi connectivity index (χ2v) is 11.5. The molecule has 1 aliphatic carbocycles. The number of rotatable bonds is 11. The third-order valence-electron chi connectivity index (χ3n) is 7.49. The highest BCUT2D eigenvalue weighted by molar-refractivity contribution is 6.32. The maximum Gasteiger partial charge on any atom is 0.247 e. The summed E-state index contributed by atoms with van der Waals surface area (Å²) < 4.78 is 17.8. The Balaban J connectivity index is 1.36. The molecule has 228 valence electrons. The number of nitrogens with one attached hydrogen (secondary N) is 2. The van der Waals surface area contributed by atoms with Gasteiger partial charge in [-0.3, -0.25) is 9.79 Å². The largest absolute Gasteiger partial charge is 0.487 e. The van der Waals surface area contributed by atoms with Crippen LogP contribution in [0.4, 0.5) is 5.69 Å². The van der Waals surface area contributed by atoms with Crippen LogP contribution in [-0.4, -0.2) is 57.0 Å². The van der Waals surface area contributed by atoms with Gasteiger partial charge >= 0.3 is 0 Å². The highest BCUT2D eigenvalue weighted by Gasteiger charge is 2.33. The molecule has 10 heteroatoms. The molecule has 0 bridgehead atoms. The summed E-state index contributed by atoms with van der Waals surface area (Å²) in [5, 5.41) is 16.9. The minimum Gasteiger partial charge on any atom is -0.487 e. The zero-order valence-electron chi connectivity index (χ0n) is 25.1. The Morgan fingerprint density at radius 3 is 2.84 bits per heavy atom. The fraction of sp³-hybridized carbons (Fsp3) is 0.324. The lowest BCUT2D eigenvalue weighted by molar-refractivity contribution is -0.116. The number of nitriles is 1. The van der Waals surface area contributed by atoms with Crippen LogP contribution in [0.5, 0.6) is 5.75 Å². The third-order valence-corrected chi connectivity index (χ3v) is 7.79. The van der Waals surface area contributed by atoms with Crippen molar-refractivity contribution in [2.45, 2.75) is 32.5 Å². The van der Waals surface area contributed by atoms with Crippen molar-refractivity contribution in [1.29, 1.82) is 5.26 Å². The van der Waals surface area contributed by atoms with Crippen molar-refractivity contribution >= 4 is 29.4 Å². The Morgan fingerprint density at radius 1 is 1.27 bits per heavy atom. The third kappa shape index (κ3) is 7.77. The number of amides is 1.